The minimum Gasteiger partial charge on any atom is -0.464 e. The molecule has 1 aromatic heterocycles. The molecule has 3 rings (SSSR count). The van der Waals surface area contributed by atoms with E-state index >= 15 is 0 Å². The van der Waals surface area contributed by atoms with Gasteiger partial charge in [-0.25, -0.2) is 9.78 Å². The van der Waals surface area contributed by atoms with E-state index in [4.69, 9.17) is 74.3 Å². The Balaban J connectivity index is 2.25. The molecule has 2 aromatic carbocycles. The first-order valence-electron chi connectivity index (χ1n) is 7.61. The van der Waals surface area contributed by atoms with Gasteiger partial charge in [0.1, 0.15) is 0 Å². The first kappa shape index (κ1) is 21.5. The number of hydrogen-bond donors (Lipinski definition) is 0. The van der Waals surface area contributed by atoms with Crippen LogP contribution >= 0.6 is 69.6 Å². The van der Waals surface area contributed by atoms with Gasteiger partial charge in [0, 0.05) is 17.3 Å². The number of esters is 1. The van der Waals surface area contributed by atoms with Crippen LogP contribution in [0.4, 0.5) is 0 Å². The molecule has 0 atom stereocenters. The highest BCUT2D eigenvalue weighted by molar-refractivity contribution is 6.49. The molecule has 3 aromatic rings. The van der Waals surface area contributed by atoms with E-state index in [0.29, 0.717) is 32.3 Å². The average molecular weight is 496 g/mol. The number of nitrogens with zero attached hydrogens (tertiary/aromatic N) is 1. The van der Waals surface area contributed by atoms with E-state index in [1.54, 1.807) is 30.3 Å². The van der Waals surface area contributed by atoms with Crippen molar-refractivity contribution in [2.45, 2.75) is 0 Å². The van der Waals surface area contributed by atoms with Gasteiger partial charge in [-0.15, -0.1) is 0 Å². The number of carbonyl (C=O) groups excluding carboxylic acids is 1. The van der Waals surface area contributed by atoms with Crippen LogP contribution in [-0.4, -0.2) is 18.1 Å². The average Bonchev–Trinajstić information content (AvgIpc) is 2.68. The monoisotopic (exact) mass is 493 g/mol. The lowest BCUT2D eigenvalue weighted by Gasteiger charge is -2.12. The molecule has 3 nitrogen and oxygen atoms in total. The topological polar surface area (TPSA) is 39.2 Å². The highest BCUT2D eigenvalue weighted by atomic mass is 35.5. The molecule has 28 heavy (non-hydrogen) atoms. The first-order valence-corrected chi connectivity index (χ1v) is 9.88. The normalized spacial score (nSPS) is 10.8. The maximum atomic E-state index is 12.2. The van der Waals surface area contributed by atoms with Gasteiger partial charge in [0.2, 0.25) is 0 Å². The van der Waals surface area contributed by atoms with E-state index in [0.717, 1.165) is 0 Å². The zero-order valence-electron chi connectivity index (χ0n) is 14.0. The molecular formula is C19H9Cl6NO2. The predicted molar refractivity (Wildman–Crippen MR) is 117 cm³/mol. The van der Waals surface area contributed by atoms with E-state index in [9.17, 15) is 4.79 Å². The third-order valence-corrected chi connectivity index (χ3v) is 6.27. The number of aromatic nitrogens is 1. The Hall–Kier alpha value is -1.20. The van der Waals surface area contributed by atoms with Gasteiger partial charge in [-0.05, 0) is 41.5 Å². The lowest BCUT2D eigenvalue weighted by molar-refractivity contribution is 0.0595. The van der Waals surface area contributed by atoms with E-state index < -0.39 is 5.97 Å². The molecule has 0 N–H and O–H groups in total. The fourth-order valence-electron chi connectivity index (χ4n) is 2.54. The van der Waals surface area contributed by atoms with Crippen LogP contribution in [-0.2, 0) is 4.74 Å². The third-order valence-electron chi connectivity index (χ3n) is 3.88. The summed E-state index contributed by atoms with van der Waals surface area (Å²) in [6.07, 6.45) is 1.50. The third kappa shape index (κ3) is 4.20. The van der Waals surface area contributed by atoms with Gasteiger partial charge in [0.15, 0.2) is 5.69 Å². The Kier molecular flexibility index (Phi) is 6.65. The Morgan fingerprint density at radius 2 is 1.21 bits per heavy atom. The summed E-state index contributed by atoms with van der Waals surface area (Å²) in [6, 6.07) is 8.20. The summed E-state index contributed by atoms with van der Waals surface area (Å²) < 4.78 is 4.83. The highest BCUT2D eigenvalue weighted by Gasteiger charge is 2.19. The quantitative estimate of drug-likeness (QED) is 0.272. The zero-order chi connectivity index (χ0) is 20.6. The van der Waals surface area contributed by atoms with Crippen LogP contribution in [0, 0.1) is 0 Å². The number of hydrogen-bond acceptors (Lipinski definition) is 3. The summed E-state index contributed by atoms with van der Waals surface area (Å²) in [5.74, 6) is -0.615. The van der Waals surface area contributed by atoms with Gasteiger partial charge in [-0.2, -0.15) is 0 Å². The molecule has 0 unspecified atom stereocenters. The summed E-state index contributed by atoms with van der Waals surface area (Å²) in [7, 11) is 1.27. The predicted octanol–water partition coefficient (Wildman–Crippen LogP) is 8.12. The number of carbonyl (C=O) groups is 1. The molecule has 0 aliphatic rings. The van der Waals surface area contributed by atoms with Gasteiger partial charge in [0.05, 0.1) is 37.2 Å². The number of halogens is 6. The Morgan fingerprint density at radius 1 is 0.750 bits per heavy atom. The largest absolute Gasteiger partial charge is 0.464 e. The van der Waals surface area contributed by atoms with Gasteiger partial charge >= 0.3 is 5.97 Å². The Morgan fingerprint density at radius 3 is 1.68 bits per heavy atom. The number of methoxy groups -OCH3 is 1. The van der Waals surface area contributed by atoms with Crippen LogP contribution in [0.2, 0.25) is 30.1 Å². The molecule has 144 valence electrons. The highest BCUT2D eigenvalue weighted by Crippen LogP contribution is 2.39. The second kappa shape index (κ2) is 8.66. The smallest absolute Gasteiger partial charge is 0.357 e. The molecule has 0 amide bonds. The number of benzene rings is 2. The van der Waals surface area contributed by atoms with Crippen LogP contribution in [0.1, 0.15) is 10.5 Å². The van der Waals surface area contributed by atoms with E-state index in [-0.39, 0.29) is 25.8 Å². The van der Waals surface area contributed by atoms with Crippen molar-refractivity contribution >= 4 is 75.6 Å². The van der Waals surface area contributed by atoms with E-state index in [2.05, 4.69) is 4.98 Å². The molecule has 0 fully saturated rings. The molecule has 0 saturated heterocycles. The van der Waals surface area contributed by atoms with Crippen LogP contribution in [0.5, 0.6) is 0 Å². The lowest BCUT2D eigenvalue weighted by atomic mass is 9.99. The SMILES string of the molecule is COC(=O)c1ncc(-c2cc(Cl)c(Cl)c(Cl)c2)cc1-c1cc(Cl)c(Cl)c(Cl)c1. The summed E-state index contributed by atoms with van der Waals surface area (Å²) in [4.78, 5) is 16.5. The van der Waals surface area contributed by atoms with Crippen LogP contribution in [0.15, 0.2) is 36.5 Å². The van der Waals surface area contributed by atoms with Crippen molar-refractivity contribution in [2.24, 2.45) is 0 Å². The van der Waals surface area contributed by atoms with Crippen molar-refractivity contribution < 1.29 is 9.53 Å². The van der Waals surface area contributed by atoms with Gasteiger partial charge < -0.3 is 4.74 Å². The van der Waals surface area contributed by atoms with Gasteiger partial charge in [-0.3, -0.25) is 0 Å². The standard InChI is InChI=1S/C19H9Cl6NO2/c1-28-19(27)18-11(9-5-14(22)17(25)15(23)6-9)2-10(7-26-18)8-3-12(20)16(24)13(21)4-8/h2-7H,1H3. The summed E-state index contributed by atoms with van der Waals surface area (Å²) in [5, 5.41) is 1.53. The number of rotatable bonds is 3. The Labute approximate surface area is 191 Å². The molecule has 0 aliphatic heterocycles. The zero-order valence-corrected chi connectivity index (χ0v) is 18.5. The number of pyridine rings is 1. The second-order valence-corrected chi connectivity index (χ2v) is 8.00. The maximum absolute atomic E-state index is 12.2. The minimum absolute atomic E-state index is 0.0897. The maximum Gasteiger partial charge on any atom is 0.357 e. The molecule has 0 spiro atoms. The second-order valence-electron chi connectivity index (χ2n) is 5.62. The summed E-state index contributed by atoms with van der Waals surface area (Å²) in [5.41, 5.74) is 2.39. The fraction of sp³-hybridized carbons (Fsp3) is 0.0526. The van der Waals surface area contributed by atoms with Crippen molar-refractivity contribution in [3.05, 3.63) is 72.4 Å². The van der Waals surface area contributed by atoms with Crippen LogP contribution in [0.3, 0.4) is 0 Å². The molecular weight excluding hydrogens is 487 g/mol. The van der Waals surface area contributed by atoms with Gasteiger partial charge in [0.25, 0.3) is 0 Å². The molecule has 0 bridgehead atoms. The van der Waals surface area contributed by atoms with Gasteiger partial charge in [-0.1, -0.05) is 69.6 Å². The van der Waals surface area contributed by atoms with Crippen LogP contribution < -0.4 is 0 Å². The van der Waals surface area contributed by atoms with E-state index in [1.807, 2.05) is 0 Å². The number of ether oxygens (including phenoxy) is 1. The van der Waals surface area contributed by atoms with Crippen LogP contribution in [0.25, 0.3) is 22.3 Å². The van der Waals surface area contributed by atoms with Crippen molar-refractivity contribution in [3.8, 4) is 22.3 Å². The van der Waals surface area contributed by atoms with Crippen molar-refractivity contribution in [2.75, 3.05) is 7.11 Å². The molecule has 0 radical (unpaired) electrons. The molecule has 1 heterocycles. The minimum atomic E-state index is -0.615. The fourth-order valence-corrected chi connectivity index (χ4v) is 3.73. The van der Waals surface area contributed by atoms with Crippen molar-refractivity contribution in [1.82, 2.24) is 4.98 Å². The molecule has 0 aliphatic carbocycles. The Bertz CT molecular complexity index is 1050. The molecule has 9 heteroatoms. The van der Waals surface area contributed by atoms with Crippen molar-refractivity contribution in [1.29, 1.82) is 0 Å². The van der Waals surface area contributed by atoms with Crippen molar-refractivity contribution in [3.63, 3.8) is 0 Å². The van der Waals surface area contributed by atoms with E-state index in [1.165, 1.54) is 13.3 Å². The lowest BCUT2D eigenvalue weighted by Crippen LogP contribution is -2.07. The first-order chi connectivity index (χ1) is 13.2. The summed E-state index contributed by atoms with van der Waals surface area (Å²) in [6.45, 7) is 0. The summed E-state index contributed by atoms with van der Waals surface area (Å²) >= 11 is 36.6. The molecule has 0 saturated carbocycles.